The number of aryl methyl sites for hydroxylation is 1. The van der Waals surface area contributed by atoms with E-state index in [-0.39, 0.29) is 0 Å². The van der Waals surface area contributed by atoms with Crippen LogP contribution in [0.15, 0.2) is 12.1 Å². The molecule has 0 amide bonds. The summed E-state index contributed by atoms with van der Waals surface area (Å²) in [6.07, 6.45) is 3.11. The van der Waals surface area contributed by atoms with Crippen molar-refractivity contribution < 1.29 is 14.2 Å². The summed E-state index contributed by atoms with van der Waals surface area (Å²) in [6.45, 7) is 10.5. The Bertz CT molecular complexity index is 405. The van der Waals surface area contributed by atoms with E-state index in [1.165, 1.54) is 5.56 Å². The Hall–Kier alpha value is -1.42. The summed E-state index contributed by atoms with van der Waals surface area (Å²) < 4.78 is 16.8. The van der Waals surface area contributed by atoms with Gasteiger partial charge in [-0.1, -0.05) is 20.8 Å². The van der Waals surface area contributed by atoms with E-state index in [1.807, 2.05) is 12.1 Å². The van der Waals surface area contributed by atoms with Crippen LogP contribution >= 0.6 is 0 Å². The summed E-state index contributed by atoms with van der Waals surface area (Å²) in [4.78, 5) is 2.43. The Morgan fingerprint density at radius 2 is 1.50 bits per heavy atom. The molecule has 0 aliphatic heterocycles. The molecule has 0 aromatic heterocycles. The third-order valence-corrected chi connectivity index (χ3v) is 3.94. The van der Waals surface area contributed by atoms with Crippen LogP contribution in [0, 0.1) is 0 Å². The van der Waals surface area contributed by atoms with Crippen LogP contribution in [0.4, 0.5) is 0 Å². The first-order valence-electron chi connectivity index (χ1n) is 8.30. The first kappa shape index (κ1) is 18.6. The van der Waals surface area contributed by atoms with E-state index in [0.29, 0.717) is 12.4 Å². The predicted octanol–water partition coefficient (Wildman–Crippen LogP) is 3.77. The summed E-state index contributed by atoms with van der Waals surface area (Å²) in [5.74, 6) is 2.21. The Balaban J connectivity index is 2.57. The van der Waals surface area contributed by atoms with Crippen molar-refractivity contribution in [3.05, 3.63) is 17.7 Å². The number of hydrogen-bond acceptors (Lipinski definition) is 4. The van der Waals surface area contributed by atoms with E-state index in [1.54, 1.807) is 14.2 Å². The highest BCUT2D eigenvalue weighted by Crippen LogP contribution is 2.38. The van der Waals surface area contributed by atoms with Gasteiger partial charge in [-0.3, -0.25) is 0 Å². The molecule has 0 aliphatic carbocycles. The molecule has 4 heteroatoms. The van der Waals surface area contributed by atoms with Crippen molar-refractivity contribution in [1.29, 1.82) is 0 Å². The fraction of sp³-hybridized carbons (Fsp3) is 0.667. The maximum atomic E-state index is 5.93. The number of benzene rings is 1. The summed E-state index contributed by atoms with van der Waals surface area (Å²) in [5, 5.41) is 0. The number of rotatable bonds is 11. The first-order chi connectivity index (χ1) is 10.7. The van der Waals surface area contributed by atoms with Gasteiger partial charge in [-0.25, -0.2) is 0 Å². The lowest BCUT2D eigenvalue weighted by Crippen LogP contribution is -2.24. The minimum Gasteiger partial charge on any atom is -0.493 e. The minimum absolute atomic E-state index is 0.680. The summed E-state index contributed by atoms with van der Waals surface area (Å²) in [5.41, 5.74) is 1.18. The normalized spacial score (nSPS) is 10.8. The third-order valence-electron chi connectivity index (χ3n) is 3.94. The SMILES string of the molecule is CCc1cc(OC)c(OCCCCN(CC)CC)c(OC)c1. The molecule has 0 fully saturated rings. The zero-order valence-corrected chi connectivity index (χ0v) is 14.8. The van der Waals surface area contributed by atoms with Gasteiger partial charge >= 0.3 is 0 Å². The number of unbranched alkanes of at least 4 members (excludes halogenated alkanes) is 1. The number of ether oxygens (including phenoxy) is 3. The molecule has 1 aromatic rings. The summed E-state index contributed by atoms with van der Waals surface area (Å²) in [6, 6.07) is 4.04. The second kappa shape index (κ2) is 10.3. The molecule has 0 saturated heterocycles. The lowest BCUT2D eigenvalue weighted by Gasteiger charge is -2.18. The van der Waals surface area contributed by atoms with Gasteiger partial charge in [-0.2, -0.15) is 0 Å². The number of methoxy groups -OCH3 is 2. The van der Waals surface area contributed by atoms with E-state index in [0.717, 1.165) is 50.4 Å². The van der Waals surface area contributed by atoms with Crippen LogP contribution in [0.1, 0.15) is 39.2 Å². The molecule has 126 valence electrons. The van der Waals surface area contributed by atoms with Crippen molar-refractivity contribution in [1.82, 2.24) is 4.90 Å². The Labute approximate surface area is 135 Å². The van der Waals surface area contributed by atoms with Crippen LogP contribution < -0.4 is 14.2 Å². The van der Waals surface area contributed by atoms with E-state index in [2.05, 4.69) is 25.7 Å². The van der Waals surface area contributed by atoms with Gasteiger partial charge in [0, 0.05) is 0 Å². The van der Waals surface area contributed by atoms with Crippen molar-refractivity contribution >= 4 is 0 Å². The molecule has 1 aromatic carbocycles. The van der Waals surface area contributed by atoms with E-state index >= 15 is 0 Å². The van der Waals surface area contributed by atoms with Crippen LogP contribution in [0.5, 0.6) is 17.2 Å². The van der Waals surface area contributed by atoms with Gasteiger partial charge in [-0.05, 0) is 56.6 Å². The van der Waals surface area contributed by atoms with Crippen molar-refractivity contribution in [2.24, 2.45) is 0 Å². The molecule has 22 heavy (non-hydrogen) atoms. The van der Waals surface area contributed by atoms with Crippen LogP contribution in [0.2, 0.25) is 0 Å². The van der Waals surface area contributed by atoms with Crippen LogP contribution in [-0.2, 0) is 6.42 Å². The van der Waals surface area contributed by atoms with Gasteiger partial charge in [0.2, 0.25) is 5.75 Å². The Kier molecular flexibility index (Phi) is 8.75. The molecular weight excluding hydrogens is 278 g/mol. The molecule has 0 bridgehead atoms. The topological polar surface area (TPSA) is 30.9 Å². The van der Waals surface area contributed by atoms with Crippen molar-refractivity contribution in [3.8, 4) is 17.2 Å². The molecule has 0 radical (unpaired) electrons. The average molecular weight is 309 g/mol. The Morgan fingerprint density at radius 1 is 0.909 bits per heavy atom. The van der Waals surface area contributed by atoms with Crippen molar-refractivity contribution in [3.63, 3.8) is 0 Å². The first-order valence-corrected chi connectivity index (χ1v) is 8.30. The average Bonchev–Trinajstić information content (AvgIpc) is 2.57. The van der Waals surface area contributed by atoms with Gasteiger partial charge < -0.3 is 19.1 Å². The van der Waals surface area contributed by atoms with Crippen molar-refractivity contribution in [2.75, 3.05) is 40.5 Å². The smallest absolute Gasteiger partial charge is 0.203 e. The van der Waals surface area contributed by atoms with Gasteiger partial charge in [0.05, 0.1) is 20.8 Å². The minimum atomic E-state index is 0.680. The molecule has 0 unspecified atom stereocenters. The summed E-state index contributed by atoms with van der Waals surface area (Å²) >= 11 is 0. The summed E-state index contributed by atoms with van der Waals surface area (Å²) in [7, 11) is 3.34. The highest BCUT2D eigenvalue weighted by molar-refractivity contribution is 5.53. The quantitative estimate of drug-likeness (QED) is 0.582. The fourth-order valence-electron chi connectivity index (χ4n) is 2.43. The molecule has 0 N–H and O–H groups in total. The monoisotopic (exact) mass is 309 g/mol. The van der Waals surface area contributed by atoms with Gasteiger partial charge in [0.15, 0.2) is 11.5 Å². The van der Waals surface area contributed by atoms with Crippen molar-refractivity contribution in [2.45, 2.75) is 40.0 Å². The van der Waals surface area contributed by atoms with Crippen LogP contribution in [-0.4, -0.2) is 45.4 Å². The highest BCUT2D eigenvalue weighted by atomic mass is 16.5. The van der Waals surface area contributed by atoms with Gasteiger partial charge in [0.25, 0.3) is 0 Å². The zero-order valence-electron chi connectivity index (χ0n) is 14.8. The largest absolute Gasteiger partial charge is 0.493 e. The van der Waals surface area contributed by atoms with Gasteiger partial charge in [-0.15, -0.1) is 0 Å². The molecule has 0 spiro atoms. The molecule has 4 nitrogen and oxygen atoms in total. The highest BCUT2D eigenvalue weighted by Gasteiger charge is 2.13. The number of nitrogens with zero attached hydrogens (tertiary/aromatic N) is 1. The van der Waals surface area contributed by atoms with Crippen LogP contribution in [0.3, 0.4) is 0 Å². The molecule has 1 rings (SSSR count). The lowest BCUT2D eigenvalue weighted by molar-refractivity contribution is 0.249. The molecule has 0 saturated carbocycles. The fourth-order valence-corrected chi connectivity index (χ4v) is 2.43. The standard InChI is InChI=1S/C18H31NO3/c1-6-15-13-16(20-4)18(17(14-15)21-5)22-12-10-9-11-19(7-2)8-3/h13-14H,6-12H2,1-5H3. The number of hydrogen-bond donors (Lipinski definition) is 0. The zero-order chi connectivity index (χ0) is 16.4. The maximum Gasteiger partial charge on any atom is 0.203 e. The molecular formula is C18H31NO3. The second-order valence-electron chi connectivity index (χ2n) is 5.27. The van der Waals surface area contributed by atoms with Crippen LogP contribution in [0.25, 0.3) is 0 Å². The molecule has 0 aliphatic rings. The molecule has 0 heterocycles. The van der Waals surface area contributed by atoms with E-state index in [9.17, 15) is 0 Å². The van der Waals surface area contributed by atoms with E-state index < -0.39 is 0 Å². The van der Waals surface area contributed by atoms with E-state index in [4.69, 9.17) is 14.2 Å². The third kappa shape index (κ3) is 5.41. The lowest BCUT2D eigenvalue weighted by atomic mass is 10.1. The maximum absolute atomic E-state index is 5.93. The molecule has 0 atom stereocenters. The predicted molar refractivity (Wildman–Crippen MR) is 91.4 cm³/mol. The Morgan fingerprint density at radius 3 is 1.95 bits per heavy atom. The second-order valence-corrected chi connectivity index (χ2v) is 5.27. The van der Waals surface area contributed by atoms with Gasteiger partial charge in [0.1, 0.15) is 0 Å².